The van der Waals surface area contributed by atoms with E-state index in [0.29, 0.717) is 12.3 Å². The number of carbonyl (C=O) groups is 1. The van der Waals surface area contributed by atoms with Gasteiger partial charge in [-0.05, 0) is 36.5 Å². The zero-order valence-corrected chi connectivity index (χ0v) is 13.4. The fourth-order valence-electron chi connectivity index (χ4n) is 3.33. The third-order valence-electron chi connectivity index (χ3n) is 4.54. The Kier molecular flexibility index (Phi) is 3.99. The second kappa shape index (κ2) is 6.43. The largest absolute Gasteiger partial charge is 0.441 e. The number of fused-ring (bicyclic) bond motifs is 1. The molecule has 0 radical (unpaired) electrons. The monoisotopic (exact) mass is 321 g/mol. The van der Waals surface area contributed by atoms with Gasteiger partial charge in [0, 0.05) is 17.7 Å². The number of amides is 1. The van der Waals surface area contributed by atoms with Crippen LogP contribution in [0.4, 0.5) is 4.79 Å². The van der Waals surface area contributed by atoms with Crippen molar-refractivity contribution < 1.29 is 9.53 Å². The van der Waals surface area contributed by atoms with Crippen LogP contribution in [-0.2, 0) is 4.74 Å². The van der Waals surface area contributed by atoms with Crippen LogP contribution in [-0.4, -0.2) is 17.6 Å². The van der Waals surface area contributed by atoms with E-state index in [9.17, 15) is 4.79 Å². The summed E-state index contributed by atoms with van der Waals surface area (Å²) in [6, 6.07) is 14.2. The molecule has 2 aliphatic rings. The molecule has 0 spiro atoms. The van der Waals surface area contributed by atoms with Crippen molar-refractivity contribution in [1.82, 2.24) is 5.32 Å². The van der Waals surface area contributed by atoms with Gasteiger partial charge >= 0.3 is 6.09 Å². The van der Waals surface area contributed by atoms with Crippen molar-refractivity contribution in [2.75, 3.05) is 0 Å². The van der Waals surface area contributed by atoms with Crippen LogP contribution in [0.3, 0.4) is 0 Å². The van der Waals surface area contributed by atoms with Gasteiger partial charge in [0.05, 0.1) is 0 Å². The van der Waals surface area contributed by atoms with Crippen molar-refractivity contribution in [3.05, 3.63) is 48.0 Å². The molecule has 1 aliphatic heterocycles. The van der Waals surface area contributed by atoms with E-state index in [1.807, 2.05) is 24.3 Å². The van der Waals surface area contributed by atoms with Gasteiger partial charge < -0.3 is 4.74 Å². The normalized spacial score (nSPS) is 22.5. The van der Waals surface area contributed by atoms with E-state index in [2.05, 4.69) is 33.7 Å². The average molecular weight is 321 g/mol. The summed E-state index contributed by atoms with van der Waals surface area (Å²) < 4.78 is 5.50. The Labute approximate surface area is 140 Å². The molecule has 1 saturated heterocycles. The SMILES string of the molecule is O=C1N/C(=N\N=C2CCCC2)CC(c2cccc3ccccc23)O1. The molecule has 4 rings (SSSR count). The number of ether oxygens (including phenoxy) is 1. The number of nitrogens with one attached hydrogen (secondary N) is 1. The Bertz CT molecular complexity index is 828. The lowest BCUT2D eigenvalue weighted by molar-refractivity contribution is 0.0967. The molecule has 0 bridgehead atoms. The van der Waals surface area contributed by atoms with Crippen LogP contribution in [0, 0.1) is 0 Å². The number of alkyl carbamates (subject to hydrolysis) is 1. The second-order valence-electron chi connectivity index (χ2n) is 6.21. The number of amidine groups is 1. The van der Waals surface area contributed by atoms with Gasteiger partial charge in [0.2, 0.25) is 0 Å². The highest BCUT2D eigenvalue weighted by Crippen LogP contribution is 2.30. The van der Waals surface area contributed by atoms with Crippen molar-refractivity contribution in [2.45, 2.75) is 38.2 Å². The third-order valence-corrected chi connectivity index (χ3v) is 4.54. The number of hydrogen-bond acceptors (Lipinski definition) is 4. The number of carbonyl (C=O) groups excluding carboxylic acids is 1. The standard InChI is InChI=1S/C19H19N3O2/c23-19-20-18(22-21-14-8-2-3-9-14)12-17(24-19)16-11-5-7-13-6-1-4-10-15(13)16/h1,4-7,10-11,17H,2-3,8-9,12H2,(H,20,22,23). The van der Waals surface area contributed by atoms with Gasteiger partial charge in [-0.1, -0.05) is 42.5 Å². The number of hydrogen-bond donors (Lipinski definition) is 1. The maximum Gasteiger partial charge on any atom is 0.413 e. The molecule has 5 heteroatoms. The zero-order valence-electron chi connectivity index (χ0n) is 13.4. The quantitative estimate of drug-likeness (QED) is 0.836. The van der Waals surface area contributed by atoms with E-state index in [0.717, 1.165) is 34.9 Å². The average Bonchev–Trinajstić information content (AvgIpc) is 3.12. The van der Waals surface area contributed by atoms with Crippen LogP contribution in [0.5, 0.6) is 0 Å². The number of nitrogens with zero attached hydrogens (tertiary/aromatic N) is 2. The van der Waals surface area contributed by atoms with Crippen LogP contribution in [0.1, 0.15) is 43.8 Å². The summed E-state index contributed by atoms with van der Waals surface area (Å²) in [6.45, 7) is 0. The predicted molar refractivity (Wildman–Crippen MR) is 94.3 cm³/mol. The van der Waals surface area contributed by atoms with E-state index in [4.69, 9.17) is 4.74 Å². The number of cyclic esters (lactones) is 1. The molecule has 2 fully saturated rings. The molecule has 24 heavy (non-hydrogen) atoms. The van der Waals surface area contributed by atoms with Gasteiger partial charge in [-0.25, -0.2) is 4.79 Å². The summed E-state index contributed by atoms with van der Waals surface area (Å²) >= 11 is 0. The lowest BCUT2D eigenvalue weighted by atomic mass is 9.98. The molecule has 1 N–H and O–H groups in total. The van der Waals surface area contributed by atoms with Gasteiger partial charge in [-0.2, -0.15) is 5.10 Å². The molecule has 0 aromatic heterocycles. The number of benzene rings is 2. The first-order chi connectivity index (χ1) is 11.8. The fourth-order valence-corrected chi connectivity index (χ4v) is 3.33. The zero-order chi connectivity index (χ0) is 16.4. The van der Waals surface area contributed by atoms with Crippen LogP contribution in [0.25, 0.3) is 10.8 Å². The van der Waals surface area contributed by atoms with E-state index >= 15 is 0 Å². The maximum atomic E-state index is 11.9. The Morgan fingerprint density at radius 1 is 1.00 bits per heavy atom. The molecule has 1 amide bonds. The molecule has 2 aromatic carbocycles. The lowest BCUT2D eigenvalue weighted by Gasteiger charge is -2.25. The summed E-state index contributed by atoms with van der Waals surface area (Å²) in [5.41, 5.74) is 2.12. The summed E-state index contributed by atoms with van der Waals surface area (Å²) in [4.78, 5) is 11.9. The second-order valence-corrected chi connectivity index (χ2v) is 6.21. The molecule has 122 valence electrons. The van der Waals surface area contributed by atoms with Crippen LogP contribution >= 0.6 is 0 Å². The van der Waals surface area contributed by atoms with Crippen molar-refractivity contribution in [2.24, 2.45) is 10.2 Å². The first-order valence-corrected chi connectivity index (χ1v) is 8.37. The smallest absolute Gasteiger partial charge is 0.413 e. The molecule has 1 heterocycles. The van der Waals surface area contributed by atoms with Gasteiger partial charge in [0.15, 0.2) is 0 Å². The molecule has 1 atom stereocenters. The minimum atomic E-state index is -0.468. The Hall–Kier alpha value is -2.69. The van der Waals surface area contributed by atoms with E-state index in [1.54, 1.807) is 0 Å². The third kappa shape index (κ3) is 3.02. The minimum absolute atomic E-state index is 0.340. The van der Waals surface area contributed by atoms with Crippen molar-refractivity contribution in [3.8, 4) is 0 Å². The highest BCUT2D eigenvalue weighted by atomic mass is 16.6. The molecular weight excluding hydrogens is 302 g/mol. The van der Waals surface area contributed by atoms with Crippen LogP contribution in [0.15, 0.2) is 52.7 Å². The minimum Gasteiger partial charge on any atom is -0.441 e. The fraction of sp³-hybridized carbons (Fsp3) is 0.316. The van der Waals surface area contributed by atoms with Gasteiger partial charge in [0.1, 0.15) is 11.9 Å². The molecular formula is C19H19N3O2. The van der Waals surface area contributed by atoms with Gasteiger partial charge in [0.25, 0.3) is 0 Å². The van der Waals surface area contributed by atoms with Crippen LogP contribution in [0.2, 0.25) is 0 Å². The van der Waals surface area contributed by atoms with Crippen molar-refractivity contribution >= 4 is 28.4 Å². The Balaban J connectivity index is 1.64. The highest BCUT2D eigenvalue weighted by molar-refractivity contribution is 5.99. The highest BCUT2D eigenvalue weighted by Gasteiger charge is 2.27. The predicted octanol–water partition coefficient (Wildman–Crippen LogP) is 4.34. The topological polar surface area (TPSA) is 63.0 Å². The molecule has 1 saturated carbocycles. The van der Waals surface area contributed by atoms with Gasteiger partial charge in [-0.3, -0.25) is 5.32 Å². The first-order valence-electron chi connectivity index (χ1n) is 8.37. The van der Waals surface area contributed by atoms with E-state index in [-0.39, 0.29) is 6.10 Å². The van der Waals surface area contributed by atoms with Crippen molar-refractivity contribution in [1.29, 1.82) is 0 Å². The van der Waals surface area contributed by atoms with E-state index in [1.165, 1.54) is 12.8 Å². The molecule has 2 aromatic rings. The van der Waals surface area contributed by atoms with Crippen LogP contribution < -0.4 is 5.32 Å². The Morgan fingerprint density at radius 3 is 2.67 bits per heavy atom. The van der Waals surface area contributed by atoms with E-state index < -0.39 is 6.09 Å². The van der Waals surface area contributed by atoms with Crippen molar-refractivity contribution in [3.63, 3.8) is 0 Å². The Morgan fingerprint density at radius 2 is 1.79 bits per heavy atom. The molecule has 1 aliphatic carbocycles. The number of rotatable bonds is 2. The maximum absolute atomic E-state index is 11.9. The summed E-state index contributed by atoms with van der Waals surface area (Å²) in [7, 11) is 0. The summed E-state index contributed by atoms with van der Waals surface area (Å²) in [5.74, 6) is 0.573. The molecule has 1 unspecified atom stereocenters. The summed E-state index contributed by atoms with van der Waals surface area (Å²) in [5, 5.41) is 13.5. The molecule has 5 nitrogen and oxygen atoms in total. The summed E-state index contributed by atoms with van der Waals surface area (Å²) in [6.07, 6.45) is 4.07. The lowest BCUT2D eigenvalue weighted by Crippen LogP contribution is -2.39. The first kappa shape index (κ1) is 14.9. The van der Waals surface area contributed by atoms with Gasteiger partial charge in [-0.15, -0.1) is 5.10 Å².